The van der Waals surface area contributed by atoms with Crippen LogP contribution in [0.25, 0.3) is 0 Å². The maximum atomic E-state index is 11.6. The molecule has 0 aromatic carbocycles. The number of rotatable bonds is 17. The molecule has 0 fully saturated rings. The lowest BCUT2D eigenvalue weighted by atomic mass is 10.2. The van der Waals surface area contributed by atoms with E-state index in [0.29, 0.717) is 19.5 Å². The van der Waals surface area contributed by atoms with Gasteiger partial charge in [0.1, 0.15) is 0 Å². The zero-order valence-electron chi connectivity index (χ0n) is 17.9. The molecule has 28 heavy (non-hydrogen) atoms. The molecular weight excluding hydrogens is 348 g/mol. The second-order valence-corrected chi connectivity index (χ2v) is 6.81. The monoisotopic (exact) mass is 388 g/mol. The summed E-state index contributed by atoms with van der Waals surface area (Å²) < 4.78 is 0. The molecule has 0 spiro atoms. The molecule has 0 saturated carbocycles. The summed E-state index contributed by atoms with van der Waals surface area (Å²) in [6, 6.07) is 0. The molecule has 0 aliphatic heterocycles. The fourth-order valence-corrected chi connectivity index (χ4v) is 2.47. The van der Waals surface area contributed by atoms with Crippen LogP contribution in [-0.4, -0.2) is 24.9 Å². The Hall–Kier alpha value is -2.10. The highest BCUT2D eigenvalue weighted by Gasteiger charge is 1.99. The molecule has 0 aliphatic carbocycles. The van der Waals surface area contributed by atoms with E-state index >= 15 is 0 Å². The maximum Gasteiger partial charge on any atom is 0.220 e. The minimum absolute atomic E-state index is 0.0428. The minimum atomic E-state index is -0.0743. The fourth-order valence-electron chi connectivity index (χ4n) is 2.47. The smallest absolute Gasteiger partial charge is 0.220 e. The molecule has 0 bridgehead atoms. The number of hydrogen-bond acceptors (Lipinski definition) is 2. The van der Waals surface area contributed by atoms with E-state index in [1.54, 1.807) is 0 Å². The summed E-state index contributed by atoms with van der Waals surface area (Å²) in [6.07, 6.45) is 28.0. The number of hydrogen-bond donors (Lipinski definition) is 2. The van der Waals surface area contributed by atoms with Crippen molar-refractivity contribution in [2.75, 3.05) is 13.1 Å². The van der Waals surface area contributed by atoms with Crippen LogP contribution in [0.4, 0.5) is 0 Å². The first kappa shape index (κ1) is 25.9. The van der Waals surface area contributed by atoms with Crippen LogP contribution in [0.5, 0.6) is 0 Å². The topological polar surface area (TPSA) is 58.2 Å². The lowest BCUT2D eigenvalue weighted by molar-refractivity contribution is -0.122. The third kappa shape index (κ3) is 21.9. The third-order valence-electron chi connectivity index (χ3n) is 4.05. The molecule has 2 N–H and O–H groups in total. The second kappa shape index (κ2) is 21.2. The summed E-state index contributed by atoms with van der Waals surface area (Å²) >= 11 is 0. The van der Waals surface area contributed by atoms with E-state index in [0.717, 1.165) is 32.1 Å². The van der Waals surface area contributed by atoms with E-state index in [1.807, 2.05) is 0 Å². The molecule has 0 unspecified atom stereocenters. The minimum Gasteiger partial charge on any atom is -0.355 e. The van der Waals surface area contributed by atoms with Gasteiger partial charge in [0.15, 0.2) is 0 Å². The number of allylic oxidation sites excluding steroid dienone is 8. The van der Waals surface area contributed by atoms with Crippen molar-refractivity contribution in [1.82, 2.24) is 10.6 Å². The molecule has 0 radical (unpaired) electrons. The normalized spacial score (nSPS) is 11.9. The van der Waals surface area contributed by atoms with Crippen LogP contribution >= 0.6 is 0 Å². The first-order valence-electron chi connectivity index (χ1n) is 10.8. The highest BCUT2D eigenvalue weighted by Crippen LogP contribution is 2.01. The molecular formula is C24H40N2O2. The Morgan fingerprint density at radius 2 is 1.18 bits per heavy atom. The van der Waals surface area contributed by atoms with Gasteiger partial charge in [-0.1, -0.05) is 68.4 Å². The Morgan fingerprint density at radius 3 is 1.71 bits per heavy atom. The number of carbonyl (C=O) groups is 2. The predicted molar refractivity (Wildman–Crippen MR) is 120 cm³/mol. The average molecular weight is 389 g/mol. The largest absolute Gasteiger partial charge is 0.355 e. The van der Waals surface area contributed by atoms with Crippen molar-refractivity contribution in [3.8, 4) is 0 Å². The molecule has 0 saturated heterocycles. The molecule has 158 valence electrons. The Balaban J connectivity index is 3.47. The third-order valence-corrected chi connectivity index (χ3v) is 4.05. The van der Waals surface area contributed by atoms with E-state index in [2.05, 4.69) is 66.2 Å². The number of nitrogens with one attached hydrogen (secondary N) is 2. The molecule has 0 atom stereocenters. The van der Waals surface area contributed by atoms with Crippen molar-refractivity contribution in [2.45, 2.75) is 78.1 Å². The van der Waals surface area contributed by atoms with Gasteiger partial charge in [-0.25, -0.2) is 0 Å². The Labute approximate surface area is 172 Å². The van der Waals surface area contributed by atoms with Gasteiger partial charge >= 0.3 is 0 Å². The van der Waals surface area contributed by atoms with Gasteiger partial charge in [-0.2, -0.15) is 0 Å². The lowest BCUT2D eigenvalue weighted by Gasteiger charge is -2.04. The summed E-state index contributed by atoms with van der Waals surface area (Å²) in [6.45, 7) is 4.67. The lowest BCUT2D eigenvalue weighted by Crippen LogP contribution is -2.33. The van der Waals surface area contributed by atoms with Crippen LogP contribution in [0, 0.1) is 0 Å². The molecule has 0 rings (SSSR count). The fraction of sp³-hybridized carbons (Fsp3) is 0.583. The van der Waals surface area contributed by atoms with Crippen LogP contribution in [0.2, 0.25) is 0 Å². The second-order valence-electron chi connectivity index (χ2n) is 6.81. The molecule has 0 heterocycles. The maximum absolute atomic E-state index is 11.6. The Kier molecular flexibility index (Phi) is 19.6. The van der Waals surface area contributed by atoms with Crippen LogP contribution in [0.15, 0.2) is 48.6 Å². The summed E-state index contributed by atoms with van der Waals surface area (Å²) in [5.74, 6) is -0.0315. The van der Waals surface area contributed by atoms with E-state index in [4.69, 9.17) is 0 Å². The molecule has 0 aromatic heterocycles. The van der Waals surface area contributed by atoms with Gasteiger partial charge < -0.3 is 10.6 Å². The quantitative estimate of drug-likeness (QED) is 0.259. The van der Waals surface area contributed by atoms with E-state index in [9.17, 15) is 9.59 Å². The van der Waals surface area contributed by atoms with Crippen molar-refractivity contribution in [1.29, 1.82) is 0 Å². The summed E-state index contributed by atoms with van der Waals surface area (Å²) in [5.41, 5.74) is 0. The first-order valence-corrected chi connectivity index (χ1v) is 10.8. The number of amides is 2. The van der Waals surface area contributed by atoms with E-state index < -0.39 is 0 Å². The van der Waals surface area contributed by atoms with Crippen LogP contribution in [-0.2, 0) is 9.59 Å². The number of carbonyl (C=O) groups excluding carboxylic acids is 2. The van der Waals surface area contributed by atoms with Gasteiger partial charge in [0.2, 0.25) is 11.8 Å². The first-order chi connectivity index (χ1) is 13.7. The highest BCUT2D eigenvalue weighted by atomic mass is 16.2. The predicted octanol–water partition coefficient (Wildman–Crippen LogP) is 5.38. The van der Waals surface area contributed by atoms with Crippen molar-refractivity contribution < 1.29 is 9.59 Å². The van der Waals surface area contributed by atoms with Gasteiger partial charge in [0, 0.05) is 26.4 Å². The van der Waals surface area contributed by atoms with Gasteiger partial charge in [-0.05, 0) is 44.9 Å². The molecule has 0 aromatic rings. The van der Waals surface area contributed by atoms with Crippen molar-refractivity contribution in [3.63, 3.8) is 0 Å². The zero-order valence-corrected chi connectivity index (χ0v) is 17.9. The van der Waals surface area contributed by atoms with Crippen molar-refractivity contribution >= 4 is 11.8 Å². The van der Waals surface area contributed by atoms with Gasteiger partial charge in [-0.15, -0.1) is 0 Å². The van der Waals surface area contributed by atoms with Crippen molar-refractivity contribution in [3.05, 3.63) is 48.6 Å². The standard InChI is InChI=1S/C24H40N2O2/c1-3-4-5-6-7-8-9-10-11-12-13-14-15-16-17-18-19-20-24(28)26-22-21-25-23(2)27/h7-8,10-11,13-14,16-17H,3-6,9,12,15,18-22H2,1-2H3,(H,25,27)(H,26,28)/b8-7-,11-10-,14-13-,17-16-. The van der Waals surface area contributed by atoms with E-state index in [1.165, 1.54) is 32.6 Å². The van der Waals surface area contributed by atoms with Gasteiger partial charge in [-0.3, -0.25) is 9.59 Å². The summed E-state index contributed by atoms with van der Waals surface area (Å²) in [5, 5.41) is 5.44. The summed E-state index contributed by atoms with van der Waals surface area (Å²) in [4.78, 5) is 22.3. The van der Waals surface area contributed by atoms with Crippen molar-refractivity contribution in [2.24, 2.45) is 0 Å². The number of unbranched alkanes of at least 4 members (excludes halogenated alkanes) is 4. The van der Waals surface area contributed by atoms with E-state index in [-0.39, 0.29) is 11.8 Å². The molecule has 0 aliphatic rings. The van der Waals surface area contributed by atoms with Gasteiger partial charge in [0.05, 0.1) is 0 Å². The Bertz CT molecular complexity index is 505. The molecule has 4 heteroatoms. The van der Waals surface area contributed by atoms with Crippen LogP contribution in [0.1, 0.15) is 78.1 Å². The zero-order chi connectivity index (χ0) is 20.7. The highest BCUT2D eigenvalue weighted by molar-refractivity contribution is 5.76. The van der Waals surface area contributed by atoms with Crippen LogP contribution < -0.4 is 10.6 Å². The summed E-state index contributed by atoms with van der Waals surface area (Å²) in [7, 11) is 0. The van der Waals surface area contributed by atoms with Crippen LogP contribution in [0.3, 0.4) is 0 Å². The molecule has 4 nitrogen and oxygen atoms in total. The average Bonchev–Trinajstić information content (AvgIpc) is 2.67. The molecule has 2 amide bonds. The Morgan fingerprint density at radius 1 is 0.679 bits per heavy atom. The SMILES string of the molecule is CCCCC/C=C\C/C=C\C/C=C\C/C=C\CCCC(=O)NCCNC(C)=O. The van der Waals surface area contributed by atoms with Gasteiger partial charge in [0.25, 0.3) is 0 Å².